The summed E-state index contributed by atoms with van der Waals surface area (Å²) in [4.78, 5) is 0. The second-order valence-corrected chi connectivity index (χ2v) is 7.97. The van der Waals surface area contributed by atoms with E-state index in [1.165, 1.54) is 10.6 Å². The topological polar surface area (TPSA) is 57.6 Å². The highest BCUT2D eigenvalue weighted by Crippen LogP contribution is 2.41. The second-order valence-electron chi connectivity index (χ2n) is 6.03. The minimum Gasteiger partial charge on any atom is -0.379 e. The van der Waals surface area contributed by atoms with Crippen LogP contribution in [0, 0.1) is 0 Å². The smallest absolute Gasteiger partial charge is 0.211 e. The number of hydrogen-bond donors (Lipinski definition) is 1. The summed E-state index contributed by atoms with van der Waals surface area (Å²) < 4.78 is 25.8. The summed E-state index contributed by atoms with van der Waals surface area (Å²) in [5, 5.41) is 11.7. The highest BCUT2D eigenvalue weighted by atomic mass is 32.2. The van der Waals surface area contributed by atoms with Gasteiger partial charge in [0.25, 0.3) is 0 Å². The Morgan fingerprint density at radius 3 is 1.91 bits per heavy atom. The fraction of sp³-hybridized carbons (Fsp3) is 0.333. The molecule has 1 aliphatic heterocycles. The van der Waals surface area contributed by atoms with Crippen LogP contribution in [-0.2, 0) is 15.6 Å². The van der Waals surface area contributed by atoms with Gasteiger partial charge >= 0.3 is 0 Å². The Morgan fingerprint density at radius 1 is 1.00 bits per heavy atom. The first-order valence-electron chi connectivity index (χ1n) is 7.74. The van der Waals surface area contributed by atoms with Crippen molar-refractivity contribution in [3.63, 3.8) is 0 Å². The lowest BCUT2D eigenvalue weighted by molar-refractivity contribution is 0.0206. The average Bonchev–Trinajstić information content (AvgIpc) is 3.06. The second kappa shape index (κ2) is 6.07. The Bertz CT molecular complexity index is 720. The van der Waals surface area contributed by atoms with E-state index in [0.29, 0.717) is 24.1 Å². The highest BCUT2D eigenvalue weighted by molar-refractivity contribution is 7.88. The van der Waals surface area contributed by atoms with Gasteiger partial charge in [-0.15, -0.1) is 0 Å². The summed E-state index contributed by atoms with van der Waals surface area (Å²) in [6.07, 6.45) is 2.59. The van der Waals surface area contributed by atoms with Gasteiger partial charge in [-0.05, 0) is 24.0 Å². The van der Waals surface area contributed by atoms with Crippen LogP contribution in [0.25, 0.3) is 0 Å². The Labute approximate surface area is 137 Å². The summed E-state index contributed by atoms with van der Waals surface area (Å²) >= 11 is 0. The van der Waals surface area contributed by atoms with E-state index in [1.807, 2.05) is 60.7 Å². The van der Waals surface area contributed by atoms with E-state index in [-0.39, 0.29) is 0 Å². The zero-order chi connectivity index (χ0) is 16.5. The van der Waals surface area contributed by atoms with Gasteiger partial charge in [0.2, 0.25) is 10.0 Å². The molecule has 2 aromatic rings. The number of aliphatic hydroxyl groups is 1. The van der Waals surface area contributed by atoms with E-state index >= 15 is 0 Å². The SMILES string of the molecule is CS(=O)(=O)N1CCC[C@H]1C(O)(c1ccccc1)c1ccccc1. The molecule has 3 rings (SSSR count). The molecule has 23 heavy (non-hydrogen) atoms. The van der Waals surface area contributed by atoms with Crippen LogP contribution in [-0.4, -0.2) is 36.7 Å². The average molecular weight is 331 g/mol. The van der Waals surface area contributed by atoms with E-state index in [4.69, 9.17) is 0 Å². The molecule has 0 saturated carbocycles. The molecule has 2 aromatic carbocycles. The molecular formula is C18H21NO3S. The molecule has 4 nitrogen and oxygen atoms in total. The first-order chi connectivity index (χ1) is 10.9. The van der Waals surface area contributed by atoms with Crippen LogP contribution in [0.3, 0.4) is 0 Å². The summed E-state index contributed by atoms with van der Waals surface area (Å²) in [7, 11) is -3.38. The third kappa shape index (κ3) is 2.92. The Kier molecular flexibility index (Phi) is 4.27. The molecule has 1 fully saturated rings. The van der Waals surface area contributed by atoms with Crippen LogP contribution < -0.4 is 0 Å². The fourth-order valence-electron chi connectivity index (χ4n) is 3.49. The van der Waals surface area contributed by atoms with Gasteiger partial charge in [-0.3, -0.25) is 0 Å². The van der Waals surface area contributed by atoms with Crippen molar-refractivity contribution in [2.24, 2.45) is 0 Å². The van der Waals surface area contributed by atoms with Crippen molar-refractivity contribution >= 4 is 10.0 Å². The standard InChI is InChI=1S/C18H21NO3S/c1-23(21,22)19-14-8-13-17(19)18(20,15-9-4-2-5-10-15)16-11-6-3-7-12-16/h2-7,9-12,17,20H,8,13-14H2,1H3/t17-/m0/s1. The molecule has 1 saturated heterocycles. The van der Waals surface area contributed by atoms with Gasteiger partial charge in [0.05, 0.1) is 12.3 Å². The maximum absolute atomic E-state index is 12.2. The number of rotatable bonds is 4. The molecule has 0 unspecified atom stereocenters. The number of nitrogens with zero attached hydrogens (tertiary/aromatic N) is 1. The number of sulfonamides is 1. The predicted octanol–water partition coefficient (Wildman–Crippen LogP) is 2.35. The molecule has 0 bridgehead atoms. The summed E-state index contributed by atoms with van der Waals surface area (Å²) in [6.45, 7) is 0.450. The van der Waals surface area contributed by atoms with Crippen LogP contribution in [0.5, 0.6) is 0 Å². The van der Waals surface area contributed by atoms with Crippen LogP contribution in [0.4, 0.5) is 0 Å². The van der Waals surface area contributed by atoms with Crippen LogP contribution in [0.15, 0.2) is 60.7 Å². The van der Waals surface area contributed by atoms with Gasteiger partial charge in [0.15, 0.2) is 0 Å². The third-order valence-electron chi connectivity index (χ3n) is 4.54. The quantitative estimate of drug-likeness (QED) is 0.935. The molecule has 1 atom stereocenters. The Balaban J connectivity index is 2.17. The van der Waals surface area contributed by atoms with E-state index in [0.717, 1.165) is 6.42 Å². The molecule has 0 spiro atoms. The number of hydrogen-bond acceptors (Lipinski definition) is 3. The van der Waals surface area contributed by atoms with Crippen molar-refractivity contribution < 1.29 is 13.5 Å². The lowest BCUT2D eigenvalue weighted by Crippen LogP contribution is -2.50. The molecule has 122 valence electrons. The van der Waals surface area contributed by atoms with Crippen molar-refractivity contribution in [3.8, 4) is 0 Å². The maximum atomic E-state index is 12.2. The van der Waals surface area contributed by atoms with Gasteiger partial charge < -0.3 is 5.11 Å². The van der Waals surface area contributed by atoms with Crippen molar-refractivity contribution in [2.75, 3.05) is 12.8 Å². The molecule has 0 aromatic heterocycles. The largest absolute Gasteiger partial charge is 0.379 e. The molecule has 0 amide bonds. The van der Waals surface area contributed by atoms with Crippen LogP contribution in [0.2, 0.25) is 0 Å². The van der Waals surface area contributed by atoms with Gasteiger partial charge in [0, 0.05) is 6.54 Å². The van der Waals surface area contributed by atoms with E-state index in [9.17, 15) is 13.5 Å². The molecule has 0 radical (unpaired) electrons. The molecule has 0 aliphatic carbocycles. The highest BCUT2D eigenvalue weighted by Gasteiger charge is 2.48. The van der Waals surface area contributed by atoms with Gasteiger partial charge in [0.1, 0.15) is 5.60 Å². The molecule has 1 aliphatic rings. The minimum atomic E-state index is -3.38. The summed E-state index contributed by atoms with van der Waals surface area (Å²) in [5.41, 5.74) is 0.0701. The Morgan fingerprint density at radius 2 is 1.48 bits per heavy atom. The maximum Gasteiger partial charge on any atom is 0.211 e. The van der Waals surface area contributed by atoms with Gasteiger partial charge in [-0.25, -0.2) is 8.42 Å². The fourth-order valence-corrected chi connectivity index (χ4v) is 4.67. The van der Waals surface area contributed by atoms with Crippen LogP contribution in [0.1, 0.15) is 24.0 Å². The lowest BCUT2D eigenvalue weighted by atomic mass is 9.79. The van der Waals surface area contributed by atoms with Crippen molar-refractivity contribution in [2.45, 2.75) is 24.5 Å². The van der Waals surface area contributed by atoms with Crippen molar-refractivity contribution in [1.29, 1.82) is 0 Å². The predicted molar refractivity (Wildman–Crippen MR) is 90.5 cm³/mol. The molecular weight excluding hydrogens is 310 g/mol. The van der Waals surface area contributed by atoms with E-state index < -0.39 is 21.7 Å². The third-order valence-corrected chi connectivity index (χ3v) is 5.83. The van der Waals surface area contributed by atoms with Crippen molar-refractivity contribution in [1.82, 2.24) is 4.31 Å². The summed E-state index contributed by atoms with van der Waals surface area (Å²) in [6, 6.07) is 18.1. The monoisotopic (exact) mass is 331 g/mol. The number of benzene rings is 2. The van der Waals surface area contributed by atoms with Gasteiger partial charge in [-0.1, -0.05) is 60.7 Å². The molecule has 1 N–H and O–H groups in total. The minimum absolute atomic E-state index is 0.450. The van der Waals surface area contributed by atoms with E-state index in [1.54, 1.807) is 0 Å². The molecule has 5 heteroatoms. The normalized spacial score (nSPS) is 19.8. The lowest BCUT2D eigenvalue weighted by Gasteiger charge is -2.39. The first-order valence-corrected chi connectivity index (χ1v) is 9.59. The van der Waals surface area contributed by atoms with Gasteiger partial charge in [-0.2, -0.15) is 4.31 Å². The van der Waals surface area contributed by atoms with Crippen molar-refractivity contribution in [3.05, 3.63) is 71.8 Å². The Hall–Kier alpha value is -1.69. The first kappa shape index (κ1) is 16.2. The van der Waals surface area contributed by atoms with E-state index in [2.05, 4.69) is 0 Å². The zero-order valence-corrected chi connectivity index (χ0v) is 13.9. The molecule has 1 heterocycles. The summed E-state index contributed by atoms with van der Waals surface area (Å²) in [5.74, 6) is 0. The zero-order valence-electron chi connectivity index (χ0n) is 13.1. The van der Waals surface area contributed by atoms with Crippen LogP contribution >= 0.6 is 0 Å².